The van der Waals surface area contributed by atoms with Crippen LogP contribution in [0.4, 0.5) is 4.79 Å². The fraction of sp³-hybridized carbons (Fsp3) is 0.476. The molecule has 0 aromatic heterocycles. The molecule has 12 nitrogen and oxygen atoms in total. The van der Waals surface area contributed by atoms with Gasteiger partial charge in [0.2, 0.25) is 5.91 Å². The van der Waals surface area contributed by atoms with E-state index in [-0.39, 0.29) is 13.2 Å². The van der Waals surface area contributed by atoms with Gasteiger partial charge in [0.05, 0.1) is 46.2 Å². The van der Waals surface area contributed by atoms with Crippen LogP contribution in [-0.2, 0) is 44.7 Å². The number of ether oxygens (including phenoxy) is 4. The Hall–Kier alpha value is -3.67. The minimum atomic E-state index is -1.56. The quantitative estimate of drug-likeness (QED) is 0.273. The molecule has 0 spiro atoms. The first-order valence-electron chi connectivity index (χ1n) is 9.86. The Labute approximate surface area is 190 Å². The highest BCUT2D eigenvalue weighted by atomic mass is 16.6. The summed E-state index contributed by atoms with van der Waals surface area (Å²) < 4.78 is 18.7. The minimum Gasteiger partial charge on any atom is -0.469 e. The largest absolute Gasteiger partial charge is 0.469 e. The molecule has 182 valence electrons. The number of esters is 3. The van der Waals surface area contributed by atoms with Crippen molar-refractivity contribution in [2.75, 3.05) is 27.9 Å². The van der Waals surface area contributed by atoms with Crippen LogP contribution in [0.15, 0.2) is 30.3 Å². The van der Waals surface area contributed by atoms with Crippen molar-refractivity contribution in [2.45, 2.75) is 31.6 Å². The number of amides is 2. The standard InChI is InChI=1S/C21H28N2O10/c1-30-17(26)10-15(19(27)31-2)18(20(28)32-3)23-16(25)9-14(24)11-22-21(29)33-12-13-7-5-4-6-8-13/h4-8,14-15,18,24H,9-12H2,1-3H3,(H,22,29)(H,23,25)/t14-,15+,18-/m1/s1. The summed E-state index contributed by atoms with van der Waals surface area (Å²) in [6.45, 7) is -0.286. The second-order valence-corrected chi connectivity index (χ2v) is 6.78. The lowest BCUT2D eigenvalue weighted by Crippen LogP contribution is -2.51. The van der Waals surface area contributed by atoms with Crippen molar-refractivity contribution in [1.29, 1.82) is 0 Å². The SMILES string of the molecule is COC(=O)C[C@H](C(=O)OC)[C@@H](NC(=O)C[C@@H](O)CNC(=O)OCc1ccccc1)C(=O)OC. The van der Waals surface area contributed by atoms with Crippen LogP contribution in [0.1, 0.15) is 18.4 Å². The Kier molecular flexibility index (Phi) is 11.9. The van der Waals surface area contributed by atoms with Crippen molar-refractivity contribution in [3.63, 3.8) is 0 Å². The van der Waals surface area contributed by atoms with Crippen molar-refractivity contribution in [3.05, 3.63) is 35.9 Å². The summed E-state index contributed by atoms with van der Waals surface area (Å²) in [6.07, 6.45) is -3.21. The molecule has 12 heteroatoms. The molecular formula is C21H28N2O10. The van der Waals surface area contributed by atoms with Crippen molar-refractivity contribution < 1.29 is 48.0 Å². The summed E-state index contributed by atoms with van der Waals surface area (Å²) in [7, 11) is 3.18. The third-order valence-electron chi connectivity index (χ3n) is 4.41. The van der Waals surface area contributed by atoms with Gasteiger partial charge in [-0.25, -0.2) is 9.59 Å². The van der Waals surface area contributed by atoms with Crippen molar-refractivity contribution in [3.8, 4) is 0 Å². The maximum Gasteiger partial charge on any atom is 0.407 e. The second kappa shape index (κ2) is 14.4. The first-order chi connectivity index (χ1) is 15.7. The van der Waals surface area contributed by atoms with Gasteiger partial charge in [0, 0.05) is 6.54 Å². The van der Waals surface area contributed by atoms with E-state index in [1.54, 1.807) is 24.3 Å². The Balaban J connectivity index is 2.62. The number of aliphatic hydroxyl groups excluding tert-OH is 1. The van der Waals surface area contributed by atoms with Gasteiger partial charge in [0.1, 0.15) is 12.6 Å². The molecule has 0 radical (unpaired) electrons. The molecule has 33 heavy (non-hydrogen) atoms. The van der Waals surface area contributed by atoms with E-state index in [1.165, 1.54) is 0 Å². The molecule has 0 heterocycles. The lowest BCUT2D eigenvalue weighted by molar-refractivity contribution is -0.159. The zero-order chi connectivity index (χ0) is 24.8. The average Bonchev–Trinajstić information content (AvgIpc) is 2.82. The fourth-order valence-electron chi connectivity index (χ4n) is 2.70. The fourth-order valence-corrected chi connectivity index (χ4v) is 2.70. The molecule has 0 saturated heterocycles. The number of aliphatic hydroxyl groups is 1. The zero-order valence-corrected chi connectivity index (χ0v) is 18.6. The van der Waals surface area contributed by atoms with Gasteiger partial charge in [0.25, 0.3) is 0 Å². The van der Waals surface area contributed by atoms with E-state index in [2.05, 4.69) is 24.8 Å². The highest BCUT2D eigenvalue weighted by Gasteiger charge is 2.38. The first-order valence-corrected chi connectivity index (χ1v) is 9.86. The number of hydrogen-bond donors (Lipinski definition) is 3. The predicted molar refractivity (Wildman–Crippen MR) is 111 cm³/mol. The van der Waals surface area contributed by atoms with Crippen LogP contribution in [0.2, 0.25) is 0 Å². The lowest BCUT2D eigenvalue weighted by Gasteiger charge is -2.24. The van der Waals surface area contributed by atoms with Crippen molar-refractivity contribution in [2.24, 2.45) is 5.92 Å². The van der Waals surface area contributed by atoms with Gasteiger partial charge in [-0.15, -0.1) is 0 Å². The molecular weight excluding hydrogens is 440 g/mol. The number of alkyl carbamates (subject to hydrolysis) is 1. The number of carbonyl (C=O) groups is 5. The van der Waals surface area contributed by atoms with Crippen LogP contribution in [0.3, 0.4) is 0 Å². The van der Waals surface area contributed by atoms with E-state index < -0.39 is 60.8 Å². The number of hydrogen-bond acceptors (Lipinski definition) is 10. The molecule has 0 fully saturated rings. The van der Waals surface area contributed by atoms with Crippen LogP contribution in [0.5, 0.6) is 0 Å². The summed E-state index contributed by atoms with van der Waals surface area (Å²) in [4.78, 5) is 59.9. The second-order valence-electron chi connectivity index (χ2n) is 6.78. The highest BCUT2D eigenvalue weighted by molar-refractivity contribution is 5.91. The van der Waals surface area contributed by atoms with E-state index in [9.17, 15) is 29.1 Å². The lowest BCUT2D eigenvalue weighted by atomic mass is 9.95. The number of carbonyl (C=O) groups excluding carboxylic acids is 5. The molecule has 1 aromatic carbocycles. The first kappa shape index (κ1) is 27.4. The number of nitrogens with one attached hydrogen (secondary N) is 2. The Morgan fingerprint density at radius 1 is 0.909 bits per heavy atom. The van der Waals surface area contributed by atoms with Gasteiger partial charge in [0.15, 0.2) is 0 Å². The van der Waals surface area contributed by atoms with E-state index in [0.717, 1.165) is 26.9 Å². The van der Waals surface area contributed by atoms with Crippen LogP contribution < -0.4 is 10.6 Å². The molecule has 0 unspecified atom stereocenters. The number of rotatable bonds is 12. The Morgan fingerprint density at radius 2 is 1.55 bits per heavy atom. The molecule has 3 N–H and O–H groups in total. The molecule has 0 bridgehead atoms. The average molecular weight is 468 g/mol. The van der Waals surface area contributed by atoms with Crippen LogP contribution in [0, 0.1) is 5.92 Å². The van der Waals surface area contributed by atoms with Gasteiger partial charge in [-0.2, -0.15) is 0 Å². The van der Waals surface area contributed by atoms with Crippen molar-refractivity contribution >= 4 is 29.9 Å². The highest BCUT2D eigenvalue weighted by Crippen LogP contribution is 2.15. The smallest absolute Gasteiger partial charge is 0.407 e. The van der Waals surface area contributed by atoms with E-state index in [4.69, 9.17) is 4.74 Å². The summed E-state index contributed by atoms with van der Waals surface area (Å²) in [6, 6.07) is 7.37. The minimum absolute atomic E-state index is 0.0270. The van der Waals surface area contributed by atoms with Crippen LogP contribution in [-0.4, -0.2) is 75.0 Å². The number of methoxy groups -OCH3 is 3. The molecule has 1 aromatic rings. The zero-order valence-electron chi connectivity index (χ0n) is 18.6. The molecule has 0 aliphatic carbocycles. The molecule has 0 saturated carbocycles. The summed E-state index contributed by atoms with van der Waals surface area (Å²) in [5, 5.41) is 14.6. The van der Waals surface area contributed by atoms with Crippen LogP contribution >= 0.6 is 0 Å². The van der Waals surface area contributed by atoms with Gasteiger partial charge < -0.3 is 34.7 Å². The summed E-state index contributed by atoms with van der Waals surface area (Å²) in [5.41, 5.74) is 0.772. The summed E-state index contributed by atoms with van der Waals surface area (Å²) >= 11 is 0. The molecule has 1 rings (SSSR count). The van der Waals surface area contributed by atoms with E-state index >= 15 is 0 Å². The Morgan fingerprint density at radius 3 is 2.12 bits per heavy atom. The molecule has 3 atom stereocenters. The molecule has 2 amide bonds. The monoisotopic (exact) mass is 468 g/mol. The molecule has 0 aliphatic heterocycles. The number of benzene rings is 1. The molecule has 0 aliphatic rings. The van der Waals surface area contributed by atoms with Gasteiger partial charge in [-0.3, -0.25) is 14.4 Å². The van der Waals surface area contributed by atoms with E-state index in [0.29, 0.717) is 0 Å². The summed E-state index contributed by atoms with van der Waals surface area (Å²) in [5.74, 6) is -5.01. The normalized spacial score (nSPS) is 13.0. The third kappa shape index (κ3) is 9.99. The van der Waals surface area contributed by atoms with E-state index in [1.807, 2.05) is 6.07 Å². The predicted octanol–water partition coefficient (Wildman–Crippen LogP) is -0.326. The topological polar surface area (TPSA) is 167 Å². The van der Waals surface area contributed by atoms with Crippen molar-refractivity contribution in [1.82, 2.24) is 10.6 Å². The van der Waals surface area contributed by atoms with Gasteiger partial charge in [-0.1, -0.05) is 30.3 Å². The van der Waals surface area contributed by atoms with Crippen LogP contribution in [0.25, 0.3) is 0 Å². The Bertz CT molecular complexity index is 815. The van der Waals surface area contributed by atoms with Gasteiger partial charge >= 0.3 is 24.0 Å². The third-order valence-corrected chi connectivity index (χ3v) is 4.41. The van der Waals surface area contributed by atoms with Gasteiger partial charge in [-0.05, 0) is 5.56 Å². The maximum absolute atomic E-state index is 12.3. The maximum atomic E-state index is 12.3.